The molecule has 0 aliphatic rings. The largest absolute Gasteiger partial charge is 0.321 e. The van der Waals surface area contributed by atoms with Crippen LogP contribution in [-0.4, -0.2) is 34.7 Å². The van der Waals surface area contributed by atoms with Crippen LogP contribution >= 0.6 is 11.3 Å². The lowest BCUT2D eigenvalue weighted by Gasteiger charge is -2.04. The van der Waals surface area contributed by atoms with E-state index in [4.69, 9.17) is 0 Å². The van der Waals surface area contributed by atoms with Crippen LogP contribution in [-0.2, 0) is 23.5 Å². The average molecular weight is 303 g/mol. The normalized spacial score (nSPS) is 11.9. The number of thiazole rings is 1. The van der Waals surface area contributed by atoms with Crippen LogP contribution in [0, 0.1) is 6.92 Å². The molecule has 2 N–H and O–H groups in total. The van der Waals surface area contributed by atoms with Gasteiger partial charge in [0.2, 0.25) is 0 Å². The maximum Gasteiger partial charge on any atom is 0.305 e. The zero-order chi connectivity index (χ0) is 14.0. The predicted octanol–water partition coefficient (Wildman–Crippen LogP) is -0.606. The van der Waals surface area contributed by atoms with Crippen LogP contribution < -0.4 is 9.60 Å². The Balaban J connectivity index is 2.05. The lowest BCUT2D eigenvalue weighted by molar-refractivity contribution is 0.581. The van der Waals surface area contributed by atoms with E-state index in [1.54, 1.807) is 24.9 Å². The van der Waals surface area contributed by atoms with Gasteiger partial charge >= 0.3 is 4.87 Å². The molecule has 10 heteroatoms. The highest BCUT2D eigenvalue weighted by Crippen LogP contribution is 2.15. The Hall–Kier alpha value is -1.52. The number of nitrogens with one attached hydrogen (secondary N) is 2. The van der Waals surface area contributed by atoms with Crippen molar-refractivity contribution in [3.05, 3.63) is 27.5 Å². The second-order valence-electron chi connectivity index (χ2n) is 3.93. The maximum absolute atomic E-state index is 12.0. The third-order valence-electron chi connectivity index (χ3n) is 2.47. The number of rotatable bonds is 5. The molecule has 0 aliphatic carbocycles. The van der Waals surface area contributed by atoms with Gasteiger partial charge < -0.3 is 9.55 Å². The highest BCUT2D eigenvalue weighted by molar-refractivity contribution is 7.91. The Morgan fingerprint density at radius 2 is 2.26 bits per heavy atom. The van der Waals surface area contributed by atoms with Gasteiger partial charge in [0.25, 0.3) is 10.0 Å². The molecular weight excluding hydrogens is 290 g/mol. The molecule has 0 aliphatic heterocycles. The van der Waals surface area contributed by atoms with Crippen LogP contribution in [0.2, 0.25) is 0 Å². The van der Waals surface area contributed by atoms with Crippen LogP contribution in [0.5, 0.6) is 0 Å². The summed E-state index contributed by atoms with van der Waals surface area (Å²) in [7, 11) is -1.87. The first-order chi connectivity index (χ1) is 8.90. The van der Waals surface area contributed by atoms with E-state index in [1.165, 1.54) is 0 Å². The Morgan fingerprint density at radius 1 is 1.53 bits per heavy atom. The number of aromatic nitrogens is 4. The van der Waals surface area contributed by atoms with Crippen LogP contribution in [0.1, 0.15) is 11.5 Å². The van der Waals surface area contributed by atoms with Gasteiger partial charge in [-0.25, -0.2) is 13.1 Å². The number of aromatic amines is 1. The molecule has 2 heterocycles. The number of hydrogen-bond donors (Lipinski definition) is 2. The molecule has 0 radical (unpaired) electrons. The van der Waals surface area contributed by atoms with Crippen LogP contribution in [0.25, 0.3) is 0 Å². The Morgan fingerprint density at radius 3 is 2.79 bits per heavy atom. The Labute approximate surface area is 113 Å². The summed E-state index contributed by atoms with van der Waals surface area (Å²) in [6.07, 6.45) is 1.97. The van der Waals surface area contributed by atoms with Crippen LogP contribution in [0.3, 0.4) is 0 Å². The molecule has 19 heavy (non-hydrogen) atoms. The highest BCUT2D eigenvalue weighted by atomic mass is 32.2. The smallest absolute Gasteiger partial charge is 0.305 e. The molecule has 2 aromatic rings. The van der Waals surface area contributed by atoms with Gasteiger partial charge in [0, 0.05) is 25.7 Å². The van der Waals surface area contributed by atoms with E-state index in [-0.39, 0.29) is 15.6 Å². The molecule has 0 saturated carbocycles. The summed E-state index contributed by atoms with van der Waals surface area (Å²) in [5.41, 5.74) is 0.348. The van der Waals surface area contributed by atoms with E-state index in [0.29, 0.717) is 29.3 Å². The van der Waals surface area contributed by atoms with Crippen molar-refractivity contribution in [2.75, 3.05) is 6.54 Å². The third-order valence-corrected chi connectivity index (χ3v) is 5.54. The molecule has 104 valence electrons. The van der Waals surface area contributed by atoms with Crippen molar-refractivity contribution < 1.29 is 8.42 Å². The molecule has 0 unspecified atom stereocenters. The number of H-pyrrole nitrogens is 1. The summed E-state index contributed by atoms with van der Waals surface area (Å²) >= 11 is 0.678. The van der Waals surface area contributed by atoms with Crippen LogP contribution in [0.15, 0.2) is 15.3 Å². The first-order valence-corrected chi connectivity index (χ1v) is 7.72. The lowest BCUT2D eigenvalue weighted by atomic mass is 10.4. The van der Waals surface area contributed by atoms with E-state index in [2.05, 4.69) is 19.9 Å². The van der Waals surface area contributed by atoms with Crippen molar-refractivity contribution in [3.63, 3.8) is 0 Å². The highest BCUT2D eigenvalue weighted by Gasteiger charge is 2.20. The summed E-state index contributed by atoms with van der Waals surface area (Å²) in [6.45, 7) is 1.75. The summed E-state index contributed by atoms with van der Waals surface area (Å²) in [6, 6.07) is 0. The fraction of sp³-hybridized carbons (Fsp3) is 0.444. The summed E-state index contributed by atoms with van der Waals surface area (Å²) in [5.74, 6) is 0.682. The standard InChI is InChI=1S/C9H13N5O3S2/c1-6-8(18-9(15)12-6)19(16,17)11-4-3-7-13-10-5-14(7)2/h5,11H,3-4H2,1-2H3,(H,12,15). The fourth-order valence-electron chi connectivity index (χ4n) is 1.54. The molecule has 0 fully saturated rings. The van der Waals surface area contributed by atoms with Crippen molar-refractivity contribution in [1.29, 1.82) is 0 Å². The van der Waals surface area contributed by atoms with Crippen molar-refractivity contribution in [3.8, 4) is 0 Å². The van der Waals surface area contributed by atoms with Gasteiger partial charge in [0.15, 0.2) is 4.21 Å². The fourth-order valence-corrected chi connectivity index (χ4v) is 3.92. The zero-order valence-corrected chi connectivity index (χ0v) is 12.0. The zero-order valence-electron chi connectivity index (χ0n) is 10.4. The first kappa shape index (κ1) is 13.9. The molecular formula is C9H13N5O3S2. The molecule has 0 spiro atoms. The van der Waals surface area contributed by atoms with E-state index in [0.717, 1.165) is 0 Å². The Kier molecular flexibility index (Phi) is 3.83. The quantitative estimate of drug-likeness (QED) is 0.766. The van der Waals surface area contributed by atoms with E-state index < -0.39 is 10.0 Å². The maximum atomic E-state index is 12.0. The molecule has 0 aromatic carbocycles. The number of nitrogens with zero attached hydrogens (tertiary/aromatic N) is 3. The SMILES string of the molecule is Cc1[nH]c(=O)sc1S(=O)(=O)NCCc1nncn1C. The monoisotopic (exact) mass is 303 g/mol. The predicted molar refractivity (Wildman–Crippen MR) is 69.6 cm³/mol. The van der Waals surface area contributed by atoms with Crippen LogP contribution in [0.4, 0.5) is 0 Å². The van der Waals surface area contributed by atoms with Gasteiger partial charge in [-0.15, -0.1) is 10.2 Å². The van der Waals surface area contributed by atoms with E-state index in [1.807, 2.05) is 0 Å². The topological polar surface area (TPSA) is 110 Å². The number of sulfonamides is 1. The van der Waals surface area contributed by atoms with Crippen molar-refractivity contribution in [1.82, 2.24) is 24.5 Å². The summed E-state index contributed by atoms with van der Waals surface area (Å²) in [5, 5.41) is 7.56. The van der Waals surface area contributed by atoms with E-state index >= 15 is 0 Å². The molecule has 0 saturated heterocycles. The third kappa shape index (κ3) is 3.08. The van der Waals surface area contributed by atoms with Crippen molar-refractivity contribution in [2.24, 2.45) is 7.05 Å². The number of hydrogen-bond acceptors (Lipinski definition) is 6. The molecule has 2 aromatic heterocycles. The minimum atomic E-state index is -3.66. The molecule has 0 atom stereocenters. The average Bonchev–Trinajstić information content (AvgIpc) is 2.86. The first-order valence-electron chi connectivity index (χ1n) is 5.42. The van der Waals surface area contributed by atoms with Gasteiger partial charge in [-0.1, -0.05) is 11.3 Å². The van der Waals surface area contributed by atoms with Gasteiger partial charge in [0.05, 0.1) is 0 Å². The second-order valence-corrected chi connectivity index (χ2v) is 6.88. The summed E-state index contributed by atoms with van der Waals surface area (Å²) < 4.78 is 28.1. The lowest BCUT2D eigenvalue weighted by Crippen LogP contribution is -2.26. The summed E-state index contributed by atoms with van der Waals surface area (Å²) in [4.78, 5) is 13.2. The second kappa shape index (κ2) is 5.23. The van der Waals surface area contributed by atoms with Crippen molar-refractivity contribution >= 4 is 21.4 Å². The molecule has 0 bridgehead atoms. The number of aryl methyl sites for hydroxylation is 2. The van der Waals surface area contributed by atoms with Gasteiger partial charge in [-0.05, 0) is 6.92 Å². The van der Waals surface area contributed by atoms with Gasteiger partial charge in [0.1, 0.15) is 12.2 Å². The van der Waals surface area contributed by atoms with E-state index in [9.17, 15) is 13.2 Å². The molecule has 2 rings (SSSR count). The van der Waals surface area contributed by atoms with Gasteiger partial charge in [-0.2, -0.15) is 0 Å². The van der Waals surface area contributed by atoms with Gasteiger partial charge in [-0.3, -0.25) is 4.79 Å². The minimum absolute atomic E-state index is 0.0236. The molecule has 8 nitrogen and oxygen atoms in total. The minimum Gasteiger partial charge on any atom is -0.321 e. The Bertz CT molecular complexity index is 727. The van der Waals surface area contributed by atoms with Crippen molar-refractivity contribution in [2.45, 2.75) is 17.6 Å². The molecule has 0 amide bonds.